The molecule has 1 heterocycles. The van der Waals surface area contributed by atoms with Gasteiger partial charge in [-0.05, 0) is 24.3 Å². The molecule has 0 saturated carbocycles. The van der Waals surface area contributed by atoms with Crippen molar-refractivity contribution in [3.63, 3.8) is 0 Å². The lowest BCUT2D eigenvalue weighted by atomic mass is 10.1. The minimum Gasteiger partial charge on any atom is -0.465 e. The second-order valence-corrected chi connectivity index (χ2v) is 4.80. The van der Waals surface area contributed by atoms with Crippen LogP contribution in [0, 0.1) is 0 Å². The molecule has 1 aromatic heterocycles. The lowest BCUT2D eigenvalue weighted by Crippen LogP contribution is -2.07. The number of para-hydroxylation sites is 1. The van der Waals surface area contributed by atoms with Gasteiger partial charge in [0.1, 0.15) is 11.3 Å². The SMILES string of the molecule is O=C(O)Nc1cccc2[nH]c(-c3cccc(C(F)(F)F)c3)nc12. The summed E-state index contributed by atoms with van der Waals surface area (Å²) in [6.07, 6.45) is -5.70. The second kappa shape index (κ2) is 5.31. The number of H-pyrrole nitrogens is 1. The van der Waals surface area contributed by atoms with Crippen molar-refractivity contribution in [2.75, 3.05) is 5.32 Å². The second-order valence-electron chi connectivity index (χ2n) is 4.80. The zero-order chi connectivity index (χ0) is 16.6. The van der Waals surface area contributed by atoms with Crippen LogP contribution in [0.1, 0.15) is 5.56 Å². The minimum absolute atomic E-state index is 0.228. The maximum Gasteiger partial charge on any atom is 0.416 e. The summed E-state index contributed by atoms with van der Waals surface area (Å²) in [5.41, 5.74) is 0.590. The molecule has 0 aliphatic heterocycles. The van der Waals surface area contributed by atoms with Crippen LogP contribution in [-0.2, 0) is 6.18 Å². The highest BCUT2D eigenvalue weighted by Gasteiger charge is 2.30. The van der Waals surface area contributed by atoms with Crippen molar-refractivity contribution >= 4 is 22.8 Å². The molecule has 0 unspecified atom stereocenters. The topological polar surface area (TPSA) is 78.0 Å². The third kappa shape index (κ3) is 2.96. The number of imidazole rings is 1. The Morgan fingerprint density at radius 2 is 1.91 bits per heavy atom. The molecule has 0 spiro atoms. The maximum atomic E-state index is 12.8. The summed E-state index contributed by atoms with van der Waals surface area (Å²) in [7, 11) is 0. The summed E-state index contributed by atoms with van der Waals surface area (Å²) in [5.74, 6) is 0.228. The molecule has 0 radical (unpaired) electrons. The molecule has 3 N–H and O–H groups in total. The van der Waals surface area contributed by atoms with Crippen LogP contribution < -0.4 is 5.32 Å². The van der Waals surface area contributed by atoms with E-state index in [-0.39, 0.29) is 17.1 Å². The Kier molecular flexibility index (Phi) is 3.44. The van der Waals surface area contributed by atoms with E-state index in [1.165, 1.54) is 18.2 Å². The molecule has 118 valence electrons. The number of amides is 1. The standard InChI is InChI=1S/C15H10F3N3O2/c16-15(17,18)9-4-1-3-8(7-9)13-19-10-5-2-6-11(12(10)21-13)20-14(22)23/h1-7,20H,(H,19,21)(H,22,23). The third-order valence-corrected chi connectivity index (χ3v) is 3.22. The van der Waals surface area contributed by atoms with Gasteiger partial charge in [0.25, 0.3) is 0 Å². The van der Waals surface area contributed by atoms with Gasteiger partial charge in [-0.25, -0.2) is 9.78 Å². The van der Waals surface area contributed by atoms with E-state index >= 15 is 0 Å². The lowest BCUT2D eigenvalue weighted by molar-refractivity contribution is -0.137. The first-order valence-electron chi connectivity index (χ1n) is 6.51. The van der Waals surface area contributed by atoms with Crippen molar-refractivity contribution < 1.29 is 23.1 Å². The Bertz CT molecular complexity index is 887. The highest BCUT2D eigenvalue weighted by Crippen LogP contribution is 2.32. The molecule has 0 aliphatic carbocycles. The van der Waals surface area contributed by atoms with Crippen molar-refractivity contribution in [3.8, 4) is 11.4 Å². The number of aromatic nitrogens is 2. The largest absolute Gasteiger partial charge is 0.465 e. The van der Waals surface area contributed by atoms with E-state index in [1.54, 1.807) is 12.1 Å². The molecule has 0 bridgehead atoms. The molecule has 0 aliphatic rings. The number of anilines is 1. The zero-order valence-electron chi connectivity index (χ0n) is 11.5. The van der Waals surface area contributed by atoms with E-state index in [9.17, 15) is 18.0 Å². The van der Waals surface area contributed by atoms with Gasteiger partial charge in [0.15, 0.2) is 0 Å². The molecule has 3 rings (SSSR count). The molecule has 3 aromatic rings. The zero-order valence-corrected chi connectivity index (χ0v) is 11.5. The number of carboxylic acid groups (broad SMARTS) is 1. The number of nitrogens with zero attached hydrogens (tertiary/aromatic N) is 1. The van der Waals surface area contributed by atoms with Gasteiger partial charge < -0.3 is 10.1 Å². The first-order valence-corrected chi connectivity index (χ1v) is 6.51. The fraction of sp³-hybridized carbons (Fsp3) is 0.0667. The molecule has 5 nitrogen and oxygen atoms in total. The van der Waals surface area contributed by atoms with Crippen molar-refractivity contribution in [2.24, 2.45) is 0 Å². The summed E-state index contributed by atoms with van der Waals surface area (Å²) in [6, 6.07) is 9.55. The quantitative estimate of drug-likeness (QED) is 0.657. The average Bonchev–Trinajstić information content (AvgIpc) is 2.91. The highest BCUT2D eigenvalue weighted by molar-refractivity contribution is 5.97. The maximum absolute atomic E-state index is 12.8. The van der Waals surface area contributed by atoms with Gasteiger partial charge in [-0.1, -0.05) is 18.2 Å². The molecule has 0 fully saturated rings. The van der Waals surface area contributed by atoms with Gasteiger partial charge in [-0.3, -0.25) is 5.32 Å². The number of benzene rings is 2. The Balaban J connectivity index is 2.09. The normalized spacial score (nSPS) is 11.6. The van der Waals surface area contributed by atoms with Gasteiger partial charge in [0.05, 0.1) is 16.8 Å². The van der Waals surface area contributed by atoms with Crippen molar-refractivity contribution in [1.82, 2.24) is 9.97 Å². The number of hydrogen-bond acceptors (Lipinski definition) is 2. The fourth-order valence-corrected chi connectivity index (χ4v) is 2.23. The Hall–Kier alpha value is -3.03. The number of aromatic amines is 1. The number of fused-ring (bicyclic) bond motifs is 1. The number of halogens is 3. The molecule has 8 heteroatoms. The van der Waals surface area contributed by atoms with Gasteiger partial charge in [0.2, 0.25) is 0 Å². The van der Waals surface area contributed by atoms with Gasteiger partial charge in [0, 0.05) is 5.56 Å². The van der Waals surface area contributed by atoms with Crippen LogP contribution in [0.5, 0.6) is 0 Å². The highest BCUT2D eigenvalue weighted by atomic mass is 19.4. The van der Waals surface area contributed by atoms with Gasteiger partial charge >= 0.3 is 12.3 Å². The van der Waals surface area contributed by atoms with E-state index in [4.69, 9.17) is 5.11 Å². The van der Waals surface area contributed by atoms with Crippen LogP contribution in [0.25, 0.3) is 22.4 Å². The van der Waals surface area contributed by atoms with E-state index in [0.29, 0.717) is 11.0 Å². The monoisotopic (exact) mass is 321 g/mol. The summed E-state index contributed by atoms with van der Waals surface area (Å²) < 4.78 is 38.4. The lowest BCUT2D eigenvalue weighted by Gasteiger charge is -2.07. The summed E-state index contributed by atoms with van der Waals surface area (Å²) in [5, 5.41) is 11.0. The fourth-order valence-electron chi connectivity index (χ4n) is 2.23. The minimum atomic E-state index is -4.45. The Morgan fingerprint density at radius 1 is 1.17 bits per heavy atom. The molecule has 23 heavy (non-hydrogen) atoms. The van der Waals surface area contributed by atoms with Crippen molar-refractivity contribution in [1.29, 1.82) is 0 Å². The van der Waals surface area contributed by atoms with E-state index in [1.807, 2.05) is 0 Å². The summed E-state index contributed by atoms with van der Waals surface area (Å²) in [6.45, 7) is 0. The first-order chi connectivity index (χ1) is 10.8. The molecule has 0 atom stereocenters. The number of nitrogens with one attached hydrogen (secondary N) is 2. The predicted octanol–water partition coefficient (Wildman–Crippen LogP) is 4.34. The number of rotatable bonds is 2. The molecule has 1 amide bonds. The third-order valence-electron chi connectivity index (χ3n) is 3.22. The Morgan fingerprint density at radius 3 is 2.61 bits per heavy atom. The van der Waals surface area contributed by atoms with Crippen LogP contribution in [0.15, 0.2) is 42.5 Å². The van der Waals surface area contributed by atoms with Crippen LogP contribution in [0.4, 0.5) is 23.7 Å². The average molecular weight is 321 g/mol. The predicted molar refractivity (Wildman–Crippen MR) is 78.2 cm³/mol. The molecule has 0 saturated heterocycles. The smallest absolute Gasteiger partial charge is 0.416 e. The summed E-state index contributed by atoms with van der Waals surface area (Å²) >= 11 is 0. The summed E-state index contributed by atoms with van der Waals surface area (Å²) in [4.78, 5) is 17.9. The van der Waals surface area contributed by atoms with Crippen LogP contribution in [-0.4, -0.2) is 21.2 Å². The molecular weight excluding hydrogens is 311 g/mol. The van der Waals surface area contributed by atoms with Crippen LogP contribution in [0.3, 0.4) is 0 Å². The van der Waals surface area contributed by atoms with Crippen molar-refractivity contribution in [3.05, 3.63) is 48.0 Å². The van der Waals surface area contributed by atoms with E-state index in [2.05, 4.69) is 15.3 Å². The van der Waals surface area contributed by atoms with E-state index < -0.39 is 17.8 Å². The van der Waals surface area contributed by atoms with Gasteiger partial charge in [-0.2, -0.15) is 13.2 Å². The number of alkyl halides is 3. The number of carbonyl (C=O) groups is 1. The first kappa shape index (κ1) is 14.9. The van der Waals surface area contributed by atoms with E-state index in [0.717, 1.165) is 12.1 Å². The van der Waals surface area contributed by atoms with Crippen LogP contribution >= 0.6 is 0 Å². The number of hydrogen-bond donors (Lipinski definition) is 3. The molecular formula is C15H10F3N3O2. The van der Waals surface area contributed by atoms with Gasteiger partial charge in [-0.15, -0.1) is 0 Å². The van der Waals surface area contributed by atoms with Crippen LogP contribution in [0.2, 0.25) is 0 Å². The Labute approximate surface area is 127 Å². The molecule has 2 aromatic carbocycles. The van der Waals surface area contributed by atoms with Crippen molar-refractivity contribution in [2.45, 2.75) is 6.18 Å².